The van der Waals surface area contributed by atoms with E-state index in [1.807, 2.05) is 0 Å². The average molecular weight is 372 g/mol. The van der Waals surface area contributed by atoms with Gasteiger partial charge in [-0.1, -0.05) is 30.0 Å². The Hall–Kier alpha value is -2.95. The second-order valence-corrected chi connectivity index (χ2v) is 5.28. The summed E-state index contributed by atoms with van der Waals surface area (Å²) in [6.07, 6.45) is -11.3. The van der Waals surface area contributed by atoms with Crippen LogP contribution in [0.4, 0.5) is 26.3 Å². The topological polar surface area (TPSA) is 37.3 Å². The molecule has 0 atom stereocenters. The van der Waals surface area contributed by atoms with E-state index in [4.69, 9.17) is 5.11 Å². The Bertz CT molecular complexity index is 843. The molecule has 0 radical (unpaired) electrons. The number of carboxylic acids is 1. The standard InChI is InChI=1S/C18H10F6O2/c19-17(20,21)15(18(22,23)24)13-8-12(9-14(10-13)16(25)26)7-6-11-4-2-1-3-5-11/h1-5,8-10,15H,(H,25,26). The molecule has 136 valence electrons. The lowest BCUT2D eigenvalue weighted by Crippen LogP contribution is -2.34. The first-order valence-corrected chi connectivity index (χ1v) is 7.07. The van der Waals surface area contributed by atoms with Gasteiger partial charge in [-0.3, -0.25) is 0 Å². The minimum Gasteiger partial charge on any atom is -0.478 e. The first kappa shape index (κ1) is 19.4. The van der Waals surface area contributed by atoms with Crippen LogP contribution in [0.5, 0.6) is 0 Å². The Labute approximate surface area is 144 Å². The molecule has 0 aliphatic rings. The van der Waals surface area contributed by atoms with Crippen LogP contribution >= 0.6 is 0 Å². The fourth-order valence-corrected chi connectivity index (χ4v) is 2.24. The minimum absolute atomic E-state index is 0.262. The molecule has 2 aromatic carbocycles. The van der Waals surface area contributed by atoms with Crippen LogP contribution in [0.2, 0.25) is 0 Å². The van der Waals surface area contributed by atoms with Crippen molar-refractivity contribution in [3.63, 3.8) is 0 Å². The molecule has 0 saturated heterocycles. The fraction of sp³-hybridized carbons (Fsp3) is 0.167. The zero-order valence-electron chi connectivity index (χ0n) is 12.8. The summed E-state index contributed by atoms with van der Waals surface area (Å²) in [6.45, 7) is 0. The van der Waals surface area contributed by atoms with Crippen molar-refractivity contribution in [2.24, 2.45) is 0 Å². The molecule has 26 heavy (non-hydrogen) atoms. The van der Waals surface area contributed by atoms with Crippen molar-refractivity contribution in [1.29, 1.82) is 0 Å². The first-order valence-electron chi connectivity index (χ1n) is 7.07. The van der Waals surface area contributed by atoms with E-state index in [1.165, 1.54) is 0 Å². The average Bonchev–Trinajstić information content (AvgIpc) is 2.51. The van der Waals surface area contributed by atoms with E-state index in [0.29, 0.717) is 17.7 Å². The number of rotatable bonds is 2. The third kappa shape index (κ3) is 4.79. The predicted octanol–water partition coefficient (Wildman–Crippen LogP) is 4.99. The number of benzene rings is 2. The van der Waals surface area contributed by atoms with Gasteiger partial charge in [-0.2, -0.15) is 26.3 Å². The monoisotopic (exact) mass is 372 g/mol. The lowest BCUT2D eigenvalue weighted by atomic mass is 9.93. The first-order chi connectivity index (χ1) is 12.0. The van der Waals surface area contributed by atoms with Crippen LogP contribution < -0.4 is 0 Å². The summed E-state index contributed by atoms with van der Waals surface area (Å²) in [6, 6.07) is 10.1. The molecular formula is C18H10F6O2. The molecule has 8 heteroatoms. The molecule has 2 nitrogen and oxygen atoms in total. The lowest BCUT2D eigenvalue weighted by molar-refractivity contribution is -0.253. The Morgan fingerprint density at radius 2 is 1.38 bits per heavy atom. The van der Waals surface area contributed by atoms with Gasteiger partial charge >= 0.3 is 18.3 Å². The molecule has 0 aliphatic heterocycles. The van der Waals surface area contributed by atoms with Crippen LogP contribution in [0.3, 0.4) is 0 Å². The van der Waals surface area contributed by atoms with Crippen molar-refractivity contribution < 1.29 is 36.2 Å². The molecule has 0 amide bonds. The van der Waals surface area contributed by atoms with Crippen molar-refractivity contribution in [3.8, 4) is 11.8 Å². The smallest absolute Gasteiger partial charge is 0.404 e. The van der Waals surface area contributed by atoms with Crippen LogP contribution in [0.1, 0.15) is 33.0 Å². The molecular weight excluding hydrogens is 362 g/mol. The van der Waals surface area contributed by atoms with Gasteiger partial charge in [-0.25, -0.2) is 4.79 Å². The number of carboxylic acid groups (broad SMARTS) is 1. The third-order valence-electron chi connectivity index (χ3n) is 3.32. The SMILES string of the molecule is O=C(O)c1cc(C#Cc2ccccc2)cc(C(C(F)(F)F)C(F)(F)F)c1. The van der Waals surface area contributed by atoms with Gasteiger partial charge in [0.1, 0.15) is 0 Å². The quantitative estimate of drug-likeness (QED) is 0.596. The Balaban J connectivity index is 2.59. The van der Waals surface area contributed by atoms with E-state index in [-0.39, 0.29) is 5.56 Å². The highest BCUT2D eigenvalue weighted by Crippen LogP contribution is 2.46. The van der Waals surface area contributed by atoms with Gasteiger partial charge in [-0.15, -0.1) is 0 Å². The van der Waals surface area contributed by atoms with Crippen LogP contribution in [0.25, 0.3) is 0 Å². The number of hydrogen-bond donors (Lipinski definition) is 1. The molecule has 0 spiro atoms. The maximum Gasteiger partial charge on any atom is 0.404 e. The number of alkyl halides is 6. The molecule has 0 unspecified atom stereocenters. The van der Waals surface area contributed by atoms with E-state index in [2.05, 4.69) is 11.8 Å². The Kier molecular flexibility index (Phi) is 5.30. The Morgan fingerprint density at radius 3 is 1.88 bits per heavy atom. The fourth-order valence-electron chi connectivity index (χ4n) is 2.24. The summed E-state index contributed by atoms with van der Waals surface area (Å²) in [7, 11) is 0. The number of halogens is 6. The normalized spacial score (nSPS) is 11.8. The number of carbonyl (C=O) groups is 1. The van der Waals surface area contributed by atoms with E-state index >= 15 is 0 Å². The van der Waals surface area contributed by atoms with Gasteiger partial charge in [0.25, 0.3) is 0 Å². The molecule has 1 N–H and O–H groups in total. The van der Waals surface area contributed by atoms with Crippen molar-refractivity contribution in [3.05, 3.63) is 70.8 Å². The summed E-state index contributed by atoms with van der Waals surface area (Å²) in [5.41, 5.74) is -1.72. The van der Waals surface area contributed by atoms with E-state index in [9.17, 15) is 31.1 Å². The predicted molar refractivity (Wildman–Crippen MR) is 80.7 cm³/mol. The van der Waals surface area contributed by atoms with E-state index in [1.54, 1.807) is 30.3 Å². The van der Waals surface area contributed by atoms with Gasteiger partial charge in [-0.05, 0) is 35.9 Å². The molecule has 0 aliphatic carbocycles. The molecule has 0 saturated carbocycles. The van der Waals surface area contributed by atoms with Gasteiger partial charge in [0.15, 0.2) is 5.92 Å². The number of aromatic carboxylic acids is 1. The molecule has 0 bridgehead atoms. The second-order valence-electron chi connectivity index (χ2n) is 5.28. The highest BCUT2D eigenvalue weighted by Gasteiger charge is 2.57. The maximum atomic E-state index is 12.9. The van der Waals surface area contributed by atoms with Crippen LogP contribution in [0.15, 0.2) is 48.5 Å². The van der Waals surface area contributed by atoms with Crippen LogP contribution in [0, 0.1) is 11.8 Å². The molecule has 0 fully saturated rings. The summed E-state index contributed by atoms with van der Waals surface area (Å²) in [5, 5.41) is 9.00. The highest BCUT2D eigenvalue weighted by atomic mass is 19.4. The Morgan fingerprint density at radius 1 is 0.846 bits per heavy atom. The van der Waals surface area contributed by atoms with Gasteiger partial charge in [0.2, 0.25) is 0 Å². The van der Waals surface area contributed by atoms with E-state index < -0.39 is 35.4 Å². The number of hydrogen-bond acceptors (Lipinski definition) is 1. The maximum absolute atomic E-state index is 12.9. The molecule has 0 aromatic heterocycles. The van der Waals surface area contributed by atoms with Gasteiger partial charge in [0.05, 0.1) is 5.56 Å². The molecule has 0 heterocycles. The van der Waals surface area contributed by atoms with Gasteiger partial charge in [0, 0.05) is 11.1 Å². The largest absolute Gasteiger partial charge is 0.478 e. The zero-order valence-corrected chi connectivity index (χ0v) is 12.8. The van der Waals surface area contributed by atoms with Crippen molar-refractivity contribution >= 4 is 5.97 Å². The van der Waals surface area contributed by atoms with Gasteiger partial charge < -0.3 is 5.11 Å². The zero-order chi connectivity index (χ0) is 19.5. The van der Waals surface area contributed by atoms with Crippen molar-refractivity contribution in [2.45, 2.75) is 18.3 Å². The van der Waals surface area contributed by atoms with Crippen molar-refractivity contribution in [1.82, 2.24) is 0 Å². The van der Waals surface area contributed by atoms with Crippen LogP contribution in [-0.4, -0.2) is 23.4 Å². The van der Waals surface area contributed by atoms with Crippen LogP contribution in [-0.2, 0) is 0 Å². The molecule has 2 rings (SSSR count). The van der Waals surface area contributed by atoms with E-state index in [0.717, 1.165) is 6.07 Å². The summed E-state index contributed by atoms with van der Waals surface area (Å²) in [5.74, 6) is -0.483. The highest BCUT2D eigenvalue weighted by molar-refractivity contribution is 5.88. The second kappa shape index (κ2) is 7.12. The van der Waals surface area contributed by atoms with Crippen molar-refractivity contribution in [2.75, 3.05) is 0 Å². The third-order valence-corrected chi connectivity index (χ3v) is 3.32. The molecule has 2 aromatic rings. The summed E-state index contributed by atoms with van der Waals surface area (Å²) >= 11 is 0. The summed E-state index contributed by atoms with van der Waals surface area (Å²) < 4.78 is 77.5. The minimum atomic E-state index is -5.63. The summed E-state index contributed by atoms with van der Waals surface area (Å²) in [4.78, 5) is 11.1. The lowest BCUT2D eigenvalue weighted by Gasteiger charge is -2.23.